The van der Waals surface area contributed by atoms with E-state index in [1.165, 1.54) is 4.68 Å². The summed E-state index contributed by atoms with van der Waals surface area (Å²) in [5, 5.41) is 16.3. The SMILES string of the molecule is CN1CCC(C)(CNc2cnn(CCO)c(=O)c2Br)CC1. The van der Waals surface area contributed by atoms with Crippen LogP contribution in [-0.4, -0.2) is 53.1 Å². The van der Waals surface area contributed by atoms with Crippen LogP contribution in [0, 0.1) is 5.41 Å². The second kappa shape index (κ2) is 6.89. The van der Waals surface area contributed by atoms with E-state index in [1.807, 2.05) is 0 Å². The van der Waals surface area contributed by atoms with Crippen LogP contribution in [0.15, 0.2) is 15.5 Å². The summed E-state index contributed by atoms with van der Waals surface area (Å²) < 4.78 is 1.73. The standard InChI is InChI=1S/C14H23BrN4O2/c1-14(3-5-18(2)6-4-14)10-16-11-9-17-19(7-8-20)13(21)12(11)15/h9,16,20H,3-8,10H2,1-2H3. The Hall–Kier alpha value is -0.920. The van der Waals surface area contributed by atoms with E-state index in [0.717, 1.165) is 32.5 Å². The molecule has 0 aliphatic carbocycles. The molecule has 7 heteroatoms. The zero-order chi connectivity index (χ0) is 15.5. The molecule has 0 amide bonds. The quantitative estimate of drug-likeness (QED) is 0.825. The van der Waals surface area contributed by atoms with E-state index in [9.17, 15) is 4.79 Å². The van der Waals surface area contributed by atoms with Gasteiger partial charge in [-0.05, 0) is 54.3 Å². The highest BCUT2D eigenvalue weighted by Crippen LogP contribution is 2.31. The summed E-state index contributed by atoms with van der Waals surface area (Å²) in [4.78, 5) is 14.4. The minimum atomic E-state index is -0.220. The fraction of sp³-hybridized carbons (Fsp3) is 0.714. The molecule has 6 nitrogen and oxygen atoms in total. The molecule has 1 aromatic rings. The lowest BCUT2D eigenvalue weighted by molar-refractivity contribution is 0.150. The van der Waals surface area contributed by atoms with Gasteiger partial charge >= 0.3 is 0 Å². The minimum Gasteiger partial charge on any atom is -0.394 e. The number of likely N-dealkylation sites (tertiary alicyclic amines) is 1. The third-order valence-corrected chi connectivity index (χ3v) is 4.96. The van der Waals surface area contributed by atoms with Crippen LogP contribution < -0.4 is 10.9 Å². The lowest BCUT2D eigenvalue weighted by Crippen LogP contribution is -2.40. The number of nitrogens with one attached hydrogen (secondary N) is 1. The summed E-state index contributed by atoms with van der Waals surface area (Å²) in [5.41, 5.74) is 0.739. The van der Waals surface area contributed by atoms with E-state index >= 15 is 0 Å². The van der Waals surface area contributed by atoms with Gasteiger partial charge in [0, 0.05) is 6.54 Å². The second-order valence-electron chi connectivity index (χ2n) is 6.09. The Balaban J connectivity index is 2.03. The van der Waals surface area contributed by atoms with Crippen molar-refractivity contribution >= 4 is 21.6 Å². The summed E-state index contributed by atoms with van der Waals surface area (Å²) in [6.45, 7) is 5.43. The molecule has 0 radical (unpaired) electrons. The monoisotopic (exact) mass is 358 g/mol. The molecule has 1 aliphatic rings. The summed E-state index contributed by atoms with van der Waals surface area (Å²) in [5.74, 6) is 0. The van der Waals surface area contributed by atoms with Crippen LogP contribution in [0.5, 0.6) is 0 Å². The normalized spacial score (nSPS) is 18.7. The molecule has 1 aromatic heterocycles. The lowest BCUT2D eigenvalue weighted by Gasteiger charge is -2.38. The Labute approximate surface area is 133 Å². The first-order chi connectivity index (χ1) is 9.95. The van der Waals surface area contributed by atoms with Crippen LogP contribution in [0.4, 0.5) is 5.69 Å². The molecule has 2 rings (SSSR count). The molecular weight excluding hydrogens is 336 g/mol. The van der Waals surface area contributed by atoms with Gasteiger partial charge in [0.05, 0.1) is 25.0 Å². The van der Waals surface area contributed by atoms with Crippen molar-refractivity contribution in [3.05, 3.63) is 21.0 Å². The predicted molar refractivity (Wildman–Crippen MR) is 86.6 cm³/mol. The third kappa shape index (κ3) is 4.05. The van der Waals surface area contributed by atoms with Crippen LogP contribution in [-0.2, 0) is 6.54 Å². The Morgan fingerprint density at radius 3 is 2.76 bits per heavy atom. The maximum atomic E-state index is 12.0. The van der Waals surface area contributed by atoms with E-state index < -0.39 is 0 Å². The number of aromatic nitrogens is 2. The summed E-state index contributed by atoms with van der Waals surface area (Å²) in [6.07, 6.45) is 3.92. The van der Waals surface area contributed by atoms with E-state index in [2.05, 4.69) is 45.2 Å². The second-order valence-corrected chi connectivity index (χ2v) is 6.88. The smallest absolute Gasteiger partial charge is 0.283 e. The lowest BCUT2D eigenvalue weighted by atomic mass is 9.80. The number of aliphatic hydroxyl groups is 1. The van der Waals surface area contributed by atoms with Gasteiger partial charge in [0.1, 0.15) is 4.47 Å². The minimum absolute atomic E-state index is 0.0995. The highest BCUT2D eigenvalue weighted by molar-refractivity contribution is 9.10. The average Bonchev–Trinajstić information content (AvgIpc) is 2.47. The number of aliphatic hydroxyl groups excluding tert-OH is 1. The van der Waals surface area contributed by atoms with Crippen LogP contribution in [0.3, 0.4) is 0 Å². The van der Waals surface area contributed by atoms with Crippen molar-refractivity contribution in [3.8, 4) is 0 Å². The Bertz CT molecular complexity index is 538. The molecule has 2 N–H and O–H groups in total. The zero-order valence-corrected chi connectivity index (χ0v) is 14.2. The van der Waals surface area contributed by atoms with Crippen LogP contribution >= 0.6 is 15.9 Å². The van der Waals surface area contributed by atoms with Crippen molar-refractivity contribution in [2.24, 2.45) is 5.41 Å². The summed E-state index contributed by atoms with van der Waals surface area (Å²) >= 11 is 3.33. The molecule has 1 fully saturated rings. The van der Waals surface area contributed by atoms with Gasteiger partial charge in [-0.2, -0.15) is 5.10 Å². The van der Waals surface area contributed by atoms with E-state index in [1.54, 1.807) is 6.20 Å². The van der Waals surface area contributed by atoms with Gasteiger partial charge < -0.3 is 15.3 Å². The first-order valence-electron chi connectivity index (χ1n) is 7.24. The number of halogens is 1. The number of nitrogens with zero attached hydrogens (tertiary/aromatic N) is 3. The van der Waals surface area contributed by atoms with Crippen molar-refractivity contribution in [1.82, 2.24) is 14.7 Å². The van der Waals surface area contributed by atoms with Crippen molar-refractivity contribution in [3.63, 3.8) is 0 Å². The van der Waals surface area contributed by atoms with E-state index in [4.69, 9.17) is 5.11 Å². The van der Waals surface area contributed by atoms with Crippen molar-refractivity contribution in [2.45, 2.75) is 26.3 Å². The number of anilines is 1. The zero-order valence-electron chi connectivity index (χ0n) is 12.6. The molecule has 1 saturated heterocycles. The van der Waals surface area contributed by atoms with Gasteiger partial charge in [0.25, 0.3) is 5.56 Å². The first kappa shape index (κ1) is 16.5. The largest absolute Gasteiger partial charge is 0.394 e. The number of rotatable bonds is 5. The summed E-state index contributed by atoms with van der Waals surface area (Å²) in [7, 11) is 2.15. The molecule has 0 aromatic carbocycles. The average molecular weight is 359 g/mol. The molecule has 1 aliphatic heterocycles. The Morgan fingerprint density at radius 1 is 1.48 bits per heavy atom. The Kier molecular flexibility index (Phi) is 5.40. The molecule has 2 heterocycles. The predicted octanol–water partition coefficient (Wildman–Crippen LogP) is 1.14. The van der Waals surface area contributed by atoms with Crippen LogP contribution in [0.2, 0.25) is 0 Å². The van der Waals surface area contributed by atoms with Crippen molar-refractivity contribution < 1.29 is 5.11 Å². The van der Waals surface area contributed by atoms with E-state index in [0.29, 0.717) is 10.2 Å². The van der Waals surface area contributed by atoms with E-state index in [-0.39, 0.29) is 24.1 Å². The van der Waals surface area contributed by atoms with Crippen molar-refractivity contribution in [2.75, 3.05) is 38.6 Å². The maximum Gasteiger partial charge on any atom is 0.283 e. The number of hydrogen-bond acceptors (Lipinski definition) is 5. The van der Waals surface area contributed by atoms with Gasteiger partial charge in [-0.15, -0.1) is 0 Å². The molecular formula is C14H23BrN4O2. The van der Waals surface area contributed by atoms with Crippen LogP contribution in [0.1, 0.15) is 19.8 Å². The van der Waals surface area contributed by atoms with Gasteiger partial charge in [-0.1, -0.05) is 6.92 Å². The highest BCUT2D eigenvalue weighted by Gasteiger charge is 2.28. The van der Waals surface area contributed by atoms with Gasteiger partial charge in [0.2, 0.25) is 0 Å². The molecule has 0 atom stereocenters. The molecule has 0 saturated carbocycles. The fourth-order valence-corrected chi connectivity index (χ4v) is 2.93. The molecule has 0 unspecified atom stereocenters. The molecule has 0 spiro atoms. The highest BCUT2D eigenvalue weighted by atomic mass is 79.9. The van der Waals surface area contributed by atoms with Gasteiger partial charge in [-0.3, -0.25) is 4.79 Å². The number of piperidine rings is 1. The Morgan fingerprint density at radius 2 is 2.14 bits per heavy atom. The van der Waals surface area contributed by atoms with Crippen molar-refractivity contribution in [1.29, 1.82) is 0 Å². The molecule has 0 bridgehead atoms. The molecule has 21 heavy (non-hydrogen) atoms. The van der Waals surface area contributed by atoms with Gasteiger partial charge in [-0.25, -0.2) is 4.68 Å². The van der Waals surface area contributed by atoms with Gasteiger partial charge in [0.15, 0.2) is 0 Å². The molecule has 118 valence electrons. The fourth-order valence-electron chi connectivity index (χ4n) is 2.49. The summed E-state index contributed by atoms with van der Waals surface area (Å²) in [6, 6.07) is 0. The topological polar surface area (TPSA) is 70.4 Å². The third-order valence-electron chi connectivity index (χ3n) is 4.20. The number of hydrogen-bond donors (Lipinski definition) is 2. The first-order valence-corrected chi connectivity index (χ1v) is 8.03. The maximum absolute atomic E-state index is 12.0. The van der Waals surface area contributed by atoms with Crippen LogP contribution in [0.25, 0.3) is 0 Å².